The van der Waals surface area contributed by atoms with E-state index >= 15 is 0 Å². The third-order valence-electron chi connectivity index (χ3n) is 3.84. The van der Waals surface area contributed by atoms with Crippen LogP contribution in [0.5, 0.6) is 29.0 Å². The SMILES string of the molecule is COc1ccccc1Oc1ncnc(Oc2cc(C)c(Cl)c(C)c2)c1[N+](=O)[O-]. The van der Waals surface area contributed by atoms with E-state index in [1.165, 1.54) is 7.11 Å². The summed E-state index contributed by atoms with van der Waals surface area (Å²) in [6, 6.07) is 10.1. The highest BCUT2D eigenvalue weighted by molar-refractivity contribution is 6.32. The number of rotatable bonds is 6. The smallest absolute Gasteiger partial charge is 0.393 e. The standard InChI is InChI=1S/C19H16ClN3O5/c1-11-8-13(9-12(2)16(11)20)27-18-17(23(24)25)19(22-10-21-18)28-15-7-5-4-6-14(15)26-3/h4-10H,1-3H3. The van der Waals surface area contributed by atoms with E-state index in [9.17, 15) is 10.1 Å². The molecule has 0 N–H and O–H groups in total. The third kappa shape index (κ3) is 3.96. The Kier molecular flexibility index (Phi) is 5.60. The number of para-hydroxylation sites is 2. The number of ether oxygens (including phenoxy) is 3. The summed E-state index contributed by atoms with van der Waals surface area (Å²) in [5, 5.41) is 12.3. The van der Waals surface area contributed by atoms with Crippen LogP contribution in [0.1, 0.15) is 11.1 Å². The van der Waals surface area contributed by atoms with Crippen molar-refractivity contribution in [2.75, 3.05) is 7.11 Å². The number of hydrogen-bond donors (Lipinski definition) is 0. The number of nitrogens with zero attached hydrogens (tertiary/aromatic N) is 3. The molecule has 3 rings (SSSR count). The van der Waals surface area contributed by atoms with Crippen LogP contribution in [0.2, 0.25) is 5.02 Å². The number of benzene rings is 2. The van der Waals surface area contributed by atoms with Crippen molar-refractivity contribution in [3.63, 3.8) is 0 Å². The van der Waals surface area contributed by atoms with Gasteiger partial charge in [-0.05, 0) is 49.2 Å². The van der Waals surface area contributed by atoms with Crippen LogP contribution in [0.4, 0.5) is 5.69 Å². The fraction of sp³-hybridized carbons (Fsp3) is 0.158. The fourth-order valence-electron chi connectivity index (χ4n) is 2.54. The zero-order valence-electron chi connectivity index (χ0n) is 15.3. The number of aryl methyl sites for hydroxylation is 2. The molecular formula is C19H16ClN3O5. The molecular weight excluding hydrogens is 386 g/mol. The van der Waals surface area contributed by atoms with Gasteiger partial charge in [0.2, 0.25) is 0 Å². The van der Waals surface area contributed by atoms with E-state index in [1.54, 1.807) is 36.4 Å². The van der Waals surface area contributed by atoms with E-state index in [4.69, 9.17) is 25.8 Å². The molecule has 0 unspecified atom stereocenters. The van der Waals surface area contributed by atoms with Gasteiger partial charge in [-0.1, -0.05) is 23.7 Å². The van der Waals surface area contributed by atoms with Gasteiger partial charge in [0.1, 0.15) is 12.1 Å². The van der Waals surface area contributed by atoms with E-state index in [2.05, 4.69) is 9.97 Å². The van der Waals surface area contributed by atoms with Crippen molar-refractivity contribution < 1.29 is 19.1 Å². The van der Waals surface area contributed by atoms with Crippen molar-refractivity contribution in [2.24, 2.45) is 0 Å². The number of methoxy groups -OCH3 is 1. The number of halogens is 1. The van der Waals surface area contributed by atoms with Crippen LogP contribution in [-0.2, 0) is 0 Å². The summed E-state index contributed by atoms with van der Waals surface area (Å²) in [4.78, 5) is 18.8. The molecule has 0 aliphatic carbocycles. The molecule has 0 aliphatic rings. The van der Waals surface area contributed by atoms with E-state index in [0.29, 0.717) is 16.5 Å². The van der Waals surface area contributed by atoms with Crippen LogP contribution in [0.25, 0.3) is 0 Å². The number of aromatic nitrogens is 2. The van der Waals surface area contributed by atoms with Crippen molar-refractivity contribution in [1.29, 1.82) is 0 Å². The first-order valence-electron chi connectivity index (χ1n) is 8.15. The maximum atomic E-state index is 11.7. The zero-order valence-corrected chi connectivity index (χ0v) is 16.1. The topological polar surface area (TPSA) is 96.6 Å². The van der Waals surface area contributed by atoms with Crippen molar-refractivity contribution >= 4 is 17.3 Å². The largest absolute Gasteiger partial charge is 0.493 e. The second-order valence-electron chi connectivity index (χ2n) is 5.82. The Bertz CT molecular complexity index is 1020. The molecule has 0 saturated carbocycles. The van der Waals surface area contributed by atoms with E-state index in [1.807, 2.05) is 13.8 Å². The van der Waals surface area contributed by atoms with Gasteiger partial charge in [0.15, 0.2) is 11.5 Å². The molecule has 0 aliphatic heterocycles. The minimum Gasteiger partial charge on any atom is -0.493 e. The van der Waals surface area contributed by atoms with Crippen molar-refractivity contribution in [2.45, 2.75) is 13.8 Å². The molecule has 28 heavy (non-hydrogen) atoms. The Morgan fingerprint density at radius 1 is 1.00 bits per heavy atom. The molecule has 9 heteroatoms. The van der Waals surface area contributed by atoms with Crippen LogP contribution >= 0.6 is 11.6 Å². The second kappa shape index (κ2) is 8.10. The molecule has 1 heterocycles. The molecule has 3 aromatic rings. The molecule has 144 valence electrons. The van der Waals surface area contributed by atoms with Gasteiger partial charge >= 0.3 is 17.4 Å². The lowest BCUT2D eigenvalue weighted by Crippen LogP contribution is -2.02. The van der Waals surface area contributed by atoms with Gasteiger partial charge < -0.3 is 14.2 Å². The van der Waals surface area contributed by atoms with Crippen molar-refractivity contribution in [3.05, 3.63) is 69.0 Å². The Balaban J connectivity index is 2.02. The van der Waals surface area contributed by atoms with E-state index in [-0.39, 0.29) is 17.5 Å². The minimum atomic E-state index is -0.657. The predicted octanol–water partition coefficient (Wildman–Crippen LogP) is 5.25. The van der Waals surface area contributed by atoms with E-state index in [0.717, 1.165) is 17.5 Å². The molecule has 0 atom stereocenters. The highest BCUT2D eigenvalue weighted by atomic mass is 35.5. The van der Waals surface area contributed by atoms with E-state index < -0.39 is 10.6 Å². The summed E-state index contributed by atoms with van der Waals surface area (Å²) < 4.78 is 16.5. The van der Waals surface area contributed by atoms with Gasteiger partial charge in [-0.3, -0.25) is 10.1 Å². The molecule has 0 amide bonds. The third-order valence-corrected chi connectivity index (χ3v) is 4.43. The quantitative estimate of drug-likeness (QED) is 0.411. The predicted molar refractivity (Wildman–Crippen MR) is 103 cm³/mol. The van der Waals surface area contributed by atoms with Crippen molar-refractivity contribution in [1.82, 2.24) is 9.97 Å². The number of nitro groups is 1. The van der Waals surface area contributed by atoms with Gasteiger partial charge in [-0.15, -0.1) is 0 Å². The van der Waals surface area contributed by atoms with Gasteiger partial charge in [0, 0.05) is 5.02 Å². The van der Waals surface area contributed by atoms with Gasteiger partial charge in [-0.25, -0.2) is 0 Å². The average molecular weight is 402 g/mol. The fourth-order valence-corrected chi connectivity index (χ4v) is 2.65. The monoisotopic (exact) mass is 401 g/mol. The minimum absolute atomic E-state index is 0.244. The van der Waals surface area contributed by atoms with Gasteiger partial charge in [0.25, 0.3) is 0 Å². The number of hydrogen-bond acceptors (Lipinski definition) is 7. The van der Waals surface area contributed by atoms with Crippen LogP contribution in [-0.4, -0.2) is 22.0 Å². The molecule has 0 fully saturated rings. The highest BCUT2D eigenvalue weighted by Crippen LogP contribution is 2.40. The van der Waals surface area contributed by atoms with Gasteiger partial charge in [0.05, 0.1) is 12.0 Å². The normalized spacial score (nSPS) is 10.4. The molecule has 1 aromatic heterocycles. The van der Waals surface area contributed by atoms with Crippen LogP contribution in [0.3, 0.4) is 0 Å². The Morgan fingerprint density at radius 3 is 2.14 bits per heavy atom. The lowest BCUT2D eigenvalue weighted by Gasteiger charge is -2.12. The Labute approximate surface area is 165 Å². The first kappa shape index (κ1) is 19.4. The van der Waals surface area contributed by atoms with Crippen LogP contribution in [0, 0.1) is 24.0 Å². The summed E-state index contributed by atoms with van der Waals surface area (Å²) in [6.45, 7) is 3.62. The first-order chi connectivity index (χ1) is 13.4. The summed E-state index contributed by atoms with van der Waals surface area (Å²) in [6.07, 6.45) is 1.13. The molecule has 8 nitrogen and oxygen atoms in total. The molecule has 0 radical (unpaired) electrons. The summed E-state index contributed by atoms with van der Waals surface area (Å²) in [7, 11) is 1.47. The summed E-state index contributed by atoms with van der Waals surface area (Å²) >= 11 is 6.16. The molecule has 0 spiro atoms. The van der Waals surface area contributed by atoms with Crippen LogP contribution in [0.15, 0.2) is 42.7 Å². The Morgan fingerprint density at radius 2 is 1.57 bits per heavy atom. The lowest BCUT2D eigenvalue weighted by molar-refractivity contribution is -0.387. The van der Waals surface area contributed by atoms with Gasteiger partial charge in [-0.2, -0.15) is 9.97 Å². The highest BCUT2D eigenvalue weighted by Gasteiger charge is 2.28. The maximum Gasteiger partial charge on any atom is 0.393 e. The lowest BCUT2D eigenvalue weighted by atomic mass is 10.1. The molecule has 0 bridgehead atoms. The molecule has 0 saturated heterocycles. The Hall–Kier alpha value is -3.39. The second-order valence-corrected chi connectivity index (χ2v) is 6.19. The summed E-state index contributed by atoms with van der Waals surface area (Å²) in [5.41, 5.74) is 1.05. The zero-order chi connectivity index (χ0) is 20.3. The summed E-state index contributed by atoms with van der Waals surface area (Å²) in [5.74, 6) is 0.537. The van der Waals surface area contributed by atoms with Crippen molar-refractivity contribution in [3.8, 4) is 29.0 Å². The molecule has 2 aromatic carbocycles. The first-order valence-corrected chi connectivity index (χ1v) is 8.53. The van der Waals surface area contributed by atoms with Crippen LogP contribution < -0.4 is 14.2 Å². The average Bonchev–Trinajstić information content (AvgIpc) is 2.66. The maximum absolute atomic E-state index is 11.7.